The number of pyridine rings is 1. The van der Waals surface area contributed by atoms with Gasteiger partial charge in [-0.3, -0.25) is 4.98 Å². The molecule has 2 aliphatic rings. The second kappa shape index (κ2) is 5.10. The van der Waals surface area contributed by atoms with E-state index < -0.39 is 0 Å². The van der Waals surface area contributed by atoms with Gasteiger partial charge in [0.15, 0.2) is 0 Å². The quantitative estimate of drug-likeness (QED) is 0.829. The van der Waals surface area contributed by atoms with Gasteiger partial charge in [0.1, 0.15) is 5.75 Å². The lowest BCUT2D eigenvalue weighted by Gasteiger charge is -2.25. The van der Waals surface area contributed by atoms with E-state index in [4.69, 9.17) is 9.47 Å². The van der Waals surface area contributed by atoms with Crippen molar-refractivity contribution in [1.82, 2.24) is 4.98 Å². The molecule has 2 unspecified atom stereocenters. The van der Waals surface area contributed by atoms with Crippen LogP contribution in [-0.2, 0) is 4.74 Å². The number of fused-ring (bicyclic) bond motifs is 3. The minimum absolute atomic E-state index is 0.322. The molecule has 0 spiro atoms. The van der Waals surface area contributed by atoms with Gasteiger partial charge in [0, 0.05) is 17.1 Å². The summed E-state index contributed by atoms with van der Waals surface area (Å²) in [7, 11) is 1.72. The molecule has 3 heterocycles. The maximum Gasteiger partial charge on any atom is 0.130 e. The zero-order chi connectivity index (χ0) is 15.3. The van der Waals surface area contributed by atoms with Crippen LogP contribution in [0.3, 0.4) is 0 Å². The van der Waals surface area contributed by atoms with Crippen molar-refractivity contribution in [2.45, 2.75) is 45.3 Å². The number of methoxy groups -OCH3 is 1. The molecule has 0 radical (unpaired) electrons. The molecule has 3 nitrogen and oxygen atoms in total. The molecule has 2 aliphatic heterocycles. The minimum atomic E-state index is 0.322. The molecule has 0 aliphatic carbocycles. The Labute approximate surface area is 131 Å². The van der Waals surface area contributed by atoms with Crippen LogP contribution in [0.1, 0.15) is 37.4 Å². The molecule has 2 atom stereocenters. The first-order valence-corrected chi connectivity index (χ1v) is 7.96. The summed E-state index contributed by atoms with van der Waals surface area (Å²) in [5.74, 6) is 0.901. The Morgan fingerprint density at radius 1 is 1.18 bits per heavy atom. The third-order valence-electron chi connectivity index (χ3n) is 4.97. The van der Waals surface area contributed by atoms with E-state index >= 15 is 0 Å². The van der Waals surface area contributed by atoms with Gasteiger partial charge in [-0.15, -0.1) is 0 Å². The van der Waals surface area contributed by atoms with E-state index in [1.807, 2.05) is 13.0 Å². The van der Waals surface area contributed by atoms with Crippen LogP contribution in [0.4, 0.5) is 0 Å². The van der Waals surface area contributed by atoms with E-state index in [0.717, 1.165) is 35.2 Å². The number of hydrogen-bond acceptors (Lipinski definition) is 3. The van der Waals surface area contributed by atoms with Crippen LogP contribution in [0, 0.1) is 6.92 Å². The summed E-state index contributed by atoms with van der Waals surface area (Å²) < 4.78 is 11.6. The van der Waals surface area contributed by atoms with Gasteiger partial charge < -0.3 is 9.47 Å². The van der Waals surface area contributed by atoms with Crippen molar-refractivity contribution < 1.29 is 9.47 Å². The van der Waals surface area contributed by atoms with Crippen LogP contribution >= 0.6 is 0 Å². The third kappa shape index (κ3) is 2.12. The predicted molar refractivity (Wildman–Crippen MR) is 88.1 cm³/mol. The molecule has 2 aromatic rings. The number of aromatic nitrogens is 1. The molecule has 1 aromatic carbocycles. The fraction of sp³-hybridized carbons (Fsp3) is 0.421. The average molecular weight is 295 g/mol. The summed E-state index contributed by atoms with van der Waals surface area (Å²) in [5, 5.41) is 1.09. The van der Waals surface area contributed by atoms with E-state index in [2.05, 4.69) is 30.1 Å². The van der Waals surface area contributed by atoms with Crippen LogP contribution < -0.4 is 4.74 Å². The molecule has 0 amide bonds. The SMILES string of the molecule is COc1cc(C)nc2ccc(C3=C(C)C4CCC(C3)O4)cc12. The monoisotopic (exact) mass is 295 g/mol. The Morgan fingerprint density at radius 2 is 2.05 bits per heavy atom. The number of benzene rings is 1. The normalized spacial score (nSPS) is 24.1. The van der Waals surface area contributed by atoms with Crippen molar-refractivity contribution in [2.75, 3.05) is 7.11 Å². The van der Waals surface area contributed by atoms with Crippen molar-refractivity contribution >= 4 is 16.5 Å². The van der Waals surface area contributed by atoms with Crippen LogP contribution in [0.5, 0.6) is 5.75 Å². The lowest BCUT2D eigenvalue weighted by molar-refractivity contribution is 0.0599. The highest BCUT2D eigenvalue weighted by Crippen LogP contribution is 2.41. The number of hydrogen-bond donors (Lipinski definition) is 0. The van der Waals surface area contributed by atoms with Gasteiger partial charge in [-0.05, 0) is 62.0 Å². The maximum atomic E-state index is 6.01. The van der Waals surface area contributed by atoms with Crippen molar-refractivity contribution in [3.05, 3.63) is 41.1 Å². The molecule has 1 fully saturated rings. The number of aryl methyl sites for hydroxylation is 1. The number of ether oxygens (including phenoxy) is 2. The van der Waals surface area contributed by atoms with E-state index in [0.29, 0.717) is 12.2 Å². The van der Waals surface area contributed by atoms with E-state index in [1.165, 1.54) is 23.1 Å². The zero-order valence-corrected chi connectivity index (χ0v) is 13.3. The number of nitrogens with zero attached hydrogens (tertiary/aromatic N) is 1. The molecular weight excluding hydrogens is 274 g/mol. The molecule has 1 saturated heterocycles. The molecule has 0 saturated carbocycles. The molecule has 114 valence electrons. The van der Waals surface area contributed by atoms with Crippen LogP contribution in [0.15, 0.2) is 29.8 Å². The summed E-state index contributed by atoms with van der Waals surface area (Å²) in [6.45, 7) is 4.22. The Bertz CT molecular complexity index is 778. The van der Waals surface area contributed by atoms with Gasteiger partial charge in [0.05, 0.1) is 24.8 Å². The highest BCUT2D eigenvalue weighted by molar-refractivity contribution is 5.89. The summed E-state index contributed by atoms with van der Waals surface area (Å²) in [6.07, 6.45) is 4.09. The summed E-state index contributed by atoms with van der Waals surface area (Å²) >= 11 is 0. The highest BCUT2D eigenvalue weighted by atomic mass is 16.5. The molecule has 2 bridgehead atoms. The Balaban J connectivity index is 1.86. The third-order valence-corrected chi connectivity index (χ3v) is 4.97. The highest BCUT2D eigenvalue weighted by Gasteiger charge is 2.33. The second-order valence-electron chi connectivity index (χ2n) is 6.39. The van der Waals surface area contributed by atoms with Crippen molar-refractivity contribution in [1.29, 1.82) is 0 Å². The van der Waals surface area contributed by atoms with E-state index in [1.54, 1.807) is 7.11 Å². The standard InChI is InChI=1S/C19H21NO2/c1-11-8-19(21-3)16-9-13(4-6-17(16)20-11)15-10-14-5-7-18(22-14)12(15)2/h4,6,8-9,14,18H,5,7,10H2,1-3H3. The van der Waals surface area contributed by atoms with Gasteiger partial charge in [0.25, 0.3) is 0 Å². The maximum absolute atomic E-state index is 6.01. The summed E-state index contributed by atoms with van der Waals surface area (Å²) in [6, 6.07) is 8.53. The van der Waals surface area contributed by atoms with Gasteiger partial charge in [-0.1, -0.05) is 6.07 Å². The first-order valence-electron chi connectivity index (χ1n) is 7.96. The van der Waals surface area contributed by atoms with Gasteiger partial charge >= 0.3 is 0 Å². The van der Waals surface area contributed by atoms with Gasteiger partial charge in [-0.25, -0.2) is 0 Å². The lowest BCUT2D eigenvalue weighted by atomic mass is 9.92. The molecular formula is C19H21NO2. The first-order chi connectivity index (χ1) is 10.7. The predicted octanol–water partition coefficient (Wildman–Crippen LogP) is 4.28. The number of rotatable bonds is 2. The van der Waals surface area contributed by atoms with Crippen LogP contribution in [0.25, 0.3) is 16.5 Å². The average Bonchev–Trinajstić information content (AvgIpc) is 2.93. The minimum Gasteiger partial charge on any atom is -0.496 e. The van der Waals surface area contributed by atoms with Crippen molar-refractivity contribution in [3.63, 3.8) is 0 Å². The van der Waals surface area contributed by atoms with Crippen LogP contribution in [-0.4, -0.2) is 24.3 Å². The van der Waals surface area contributed by atoms with Crippen LogP contribution in [0.2, 0.25) is 0 Å². The topological polar surface area (TPSA) is 31.4 Å². The Kier molecular flexibility index (Phi) is 3.19. The molecule has 3 heteroatoms. The van der Waals surface area contributed by atoms with E-state index in [9.17, 15) is 0 Å². The fourth-order valence-electron chi connectivity index (χ4n) is 3.78. The molecule has 0 N–H and O–H groups in total. The first kappa shape index (κ1) is 13.8. The zero-order valence-electron chi connectivity index (χ0n) is 13.3. The molecule has 1 aromatic heterocycles. The molecule has 22 heavy (non-hydrogen) atoms. The second-order valence-corrected chi connectivity index (χ2v) is 6.39. The summed E-state index contributed by atoms with van der Waals surface area (Å²) in [4.78, 5) is 4.61. The van der Waals surface area contributed by atoms with Crippen molar-refractivity contribution in [2.24, 2.45) is 0 Å². The Morgan fingerprint density at radius 3 is 2.86 bits per heavy atom. The smallest absolute Gasteiger partial charge is 0.130 e. The van der Waals surface area contributed by atoms with Crippen molar-refractivity contribution in [3.8, 4) is 5.75 Å². The fourth-order valence-corrected chi connectivity index (χ4v) is 3.78. The van der Waals surface area contributed by atoms with Gasteiger partial charge in [0.2, 0.25) is 0 Å². The summed E-state index contributed by atoms with van der Waals surface area (Å²) in [5.41, 5.74) is 6.11. The lowest BCUT2D eigenvalue weighted by Crippen LogP contribution is -2.19. The molecule has 4 rings (SSSR count). The van der Waals surface area contributed by atoms with E-state index in [-0.39, 0.29) is 0 Å². The Hall–Kier alpha value is -1.87. The van der Waals surface area contributed by atoms with Gasteiger partial charge in [-0.2, -0.15) is 0 Å². The largest absolute Gasteiger partial charge is 0.496 e.